The Bertz CT molecular complexity index is 491. The zero-order valence-electron chi connectivity index (χ0n) is 9.32. The molecule has 0 aromatic carbocycles. The zero-order chi connectivity index (χ0) is 12.3. The summed E-state index contributed by atoms with van der Waals surface area (Å²) in [6.07, 6.45) is 5.11. The van der Waals surface area contributed by atoms with Crippen LogP contribution in [0.1, 0.15) is 18.9 Å². The molecule has 0 N–H and O–H groups in total. The van der Waals surface area contributed by atoms with Gasteiger partial charge in [0.2, 0.25) is 0 Å². The number of hydrogen-bond donors (Lipinski definition) is 0. The number of halogens is 2. The van der Waals surface area contributed by atoms with Crippen molar-refractivity contribution in [2.75, 3.05) is 0 Å². The number of nitrogens with zero attached hydrogens (tertiary/aromatic N) is 3. The van der Waals surface area contributed by atoms with Gasteiger partial charge in [0.25, 0.3) is 0 Å². The molecule has 0 aliphatic rings. The van der Waals surface area contributed by atoms with Crippen LogP contribution in [0.25, 0.3) is 11.4 Å². The third-order valence-corrected chi connectivity index (χ3v) is 2.95. The highest BCUT2D eigenvalue weighted by molar-refractivity contribution is 6.34. The SMILES string of the molecule is CCCc1c(Cl)nc(-c2cccnc2)nc1Cl. The molecule has 0 saturated carbocycles. The highest BCUT2D eigenvalue weighted by Crippen LogP contribution is 2.26. The van der Waals surface area contributed by atoms with E-state index >= 15 is 0 Å². The Morgan fingerprint density at radius 3 is 2.41 bits per heavy atom. The van der Waals surface area contributed by atoms with Crippen LogP contribution in [0.2, 0.25) is 10.3 Å². The number of pyridine rings is 1. The van der Waals surface area contributed by atoms with Crippen LogP contribution in [-0.2, 0) is 6.42 Å². The van der Waals surface area contributed by atoms with Gasteiger partial charge >= 0.3 is 0 Å². The van der Waals surface area contributed by atoms with E-state index in [9.17, 15) is 0 Å². The largest absolute Gasteiger partial charge is 0.264 e. The molecule has 2 aromatic rings. The topological polar surface area (TPSA) is 38.7 Å². The number of hydrogen-bond acceptors (Lipinski definition) is 3. The minimum atomic E-state index is 0.422. The van der Waals surface area contributed by atoms with Gasteiger partial charge < -0.3 is 0 Å². The quantitative estimate of drug-likeness (QED) is 0.795. The van der Waals surface area contributed by atoms with Crippen LogP contribution >= 0.6 is 23.2 Å². The van der Waals surface area contributed by atoms with E-state index in [1.807, 2.05) is 12.1 Å². The maximum absolute atomic E-state index is 6.11. The summed E-state index contributed by atoms with van der Waals surface area (Å²) < 4.78 is 0. The Kier molecular flexibility index (Phi) is 3.92. The lowest BCUT2D eigenvalue weighted by molar-refractivity contribution is 0.902. The standard InChI is InChI=1S/C12H11Cl2N3/c1-2-4-9-10(13)16-12(17-11(9)14)8-5-3-6-15-7-8/h3,5-7H,2,4H2,1H3. The highest BCUT2D eigenvalue weighted by Gasteiger charge is 2.11. The average molecular weight is 268 g/mol. The maximum atomic E-state index is 6.11. The number of rotatable bonds is 3. The molecule has 0 aliphatic heterocycles. The van der Waals surface area contributed by atoms with Crippen LogP contribution in [0.5, 0.6) is 0 Å². The lowest BCUT2D eigenvalue weighted by atomic mass is 10.2. The van der Waals surface area contributed by atoms with Gasteiger partial charge in [-0.1, -0.05) is 36.5 Å². The first-order valence-corrected chi connectivity index (χ1v) is 6.10. The Labute approximate surface area is 110 Å². The average Bonchev–Trinajstić information content (AvgIpc) is 2.35. The van der Waals surface area contributed by atoms with E-state index in [1.165, 1.54) is 0 Å². The fourth-order valence-corrected chi connectivity index (χ4v) is 2.09. The summed E-state index contributed by atoms with van der Waals surface area (Å²) in [5, 5.41) is 0.844. The van der Waals surface area contributed by atoms with Crippen molar-refractivity contribution in [1.82, 2.24) is 15.0 Å². The summed E-state index contributed by atoms with van der Waals surface area (Å²) in [6, 6.07) is 3.69. The van der Waals surface area contributed by atoms with Crippen LogP contribution in [-0.4, -0.2) is 15.0 Å². The Balaban J connectivity index is 2.46. The predicted octanol–water partition coefficient (Wildman–Crippen LogP) is 3.80. The molecule has 2 heterocycles. The van der Waals surface area contributed by atoms with E-state index in [2.05, 4.69) is 21.9 Å². The number of aromatic nitrogens is 3. The van der Waals surface area contributed by atoms with Crippen molar-refractivity contribution in [2.45, 2.75) is 19.8 Å². The maximum Gasteiger partial charge on any atom is 0.164 e. The third kappa shape index (κ3) is 2.73. The van der Waals surface area contributed by atoms with E-state index in [-0.39, 0.29) is 0 Å². The van der Waals surface area contributed by atoms with E-state index < -0.39 is 0 Å². The molecule has 0 saturated heterocycles. The van der Waals surface area contributed by atoms with Crippen molar-refractivity contribution in [3.05, 3.63) is 40.4 Å². The first kappa shape index (κ1) is 12.3. The highest BCUT2D eigenvalue weighted by atomic mass is 35.5. The summed E-state index contributed by atoms with van der Waals surface area (Å²) in [4.78, 5) is 12.5. The van der Waals surface area contributed by atoms with Crippen molar-refractivity contribution in [3.8, 4) is 11.4 Å². The second-order valence-corrected chi connectivity index (χ2v) is 4.32. The molecule has 17 heavy (non-hydrogen) atoms. The molecular weight excluding hydrogens is 257 g/mol. The van der Waals surface area contributed by atoms with Crippen molar-refractivity contribution in [3.63, 3.8) is 0 Å². The van der Waals surface area contributed by atoms with Crippen LogP contribution in [0.15, 0.2) is 24.5 Å². The molecule has 88 valence electrons. The van der Waals surface area contributed by atoms with E-state index in [0.717, 1.165) is 24.0 Å². The molecule has 0 atom stereocenters. The van der Waals surface area contributed by atoms with Gasteiger partial charge in [-0.05, 0) is 18.6 Å². The van der Waals surface area contributed by atoms with Gasteiger partial charge in [-0.25, -0.2) is 9.97 Å². The summed E-state index contributed by atoms with van der Waals surface area (Å²) in [5.41, 5.74) is 1.61. The lowest BCUT2D eigenvalue weighted by Gasteiger charge is -2.06. The smallest absolute Gasteiger partial charge is 0.164 e. The molecule has 0 aliphatic carbocycles. The Hall–Kier alpha value is -1.19. The van der Waals surface area contributed by atoms with Gasteiger partial charge in [0.05, 0.1) is 0 Å². The summed E-state index contributed by atoms with van der Waals surface area (Å²) in [7, 11) is 0. The fraction of sp³-hybridized carbons (Fsp3) is 0.250. The monoisotopic (exact) mass is 267 g/mol. The molecule has 5 heteroatoms. The molecule has 3 nitrogen and oxygen atoms in total. The molecule has 0 radical (unpaired) electrons. The Morgan fingerprint density at radius 1 is 1.18 bits per heavy atom. The minimum Gasteiger partial charge on any atom is -0.264 e. The molecule has 0 amide bonds. The van der Waals surface area contributed by atoms with Crippen LogP contribution in [0.4, 0.5) is 0 Å². The molecule has 0 fully saturated rings. The van der Waals surface area contributed by atoms with E-state index in [0.29, 0.717) is 16.1 Å². The molecule has 2 rings (SSSR count). The van der Waals surface area contributed by atoms with Gasteiger partial charge in [-0.2, -0.15) is 0 Å². The van der Waals surface area contributed by atoms with Gasteiger partial charge in [-0.3, -0.25) is 4.98 Å². The fourth-order valence-electron chi connectivity index (χ4n) is 1.51. The van der Waals surface area contributed by atoms with Crippen molar-refractivity contribution >= 4 is 23.2 Å². The summed E-state index contributed by atoms with van der Waals surface area (Å²) in [5.74, 6) is 0.507. The predicted molar refractivity (Wildman–Crippen MR) is 69.3 cm³/mol. The van der Waals surface area contributed by atoms with E-state index in [1.54, 1.807) is 12.4 Å². The van der Waals surface area contributed by atoms with Crippen LogP contribution < -0.4 is 0 Å². The third-order valence-electron chi connectivity index (χ3n) is 2.33. The second kappa shape index (κ2) is 5.43. The molecule has 0 spiro atoms. The normalized spacial score (nSPS) is 10.5. The zero-order valence-corrected chi connectivity index (χ0v) is 10.8. The van der Waals surface area contributed by atoms with Gasteiger partial charge in [0.1, 0.15) is 10.3 Å². The first-order chi connectivity index (χ1) is 8.22. The van der Waals surface area contributed by atoms with Gasteiger partial charge in [0, 0.05) is 23.5 Å². The second-order valence-electron chi connectivity index (χ2n) is 3.60. The molecule has 2 aromatic heterocycles. The van der Waals surface area contributed by atoms with Gasteiger partial charge in [0.15, 0.2) is 5.82 Å². The summed E-state index contributed by atoms with van der Waals surface area (Å²) in [6.45, 7) is 2.06. The first-order valence-electron chi connectivity index (χ1n) is 5.34. The van der Waals surface area contributed by atoms with Crippen molar-refractivity contribution in [1.29, 1.82) is 0 Å². The molecular formula is C12H11Cl2N3. The molecule has 0 bridgehead atoms. The van der Waals surface area contributed by atoms with Crippen molar-refractivity contribution < 1.29 is 0 Å². The lowest BCUT2D eigenvalue weighted by Crippen LogP contribution is -1.97. The van der Waals surface area contributed by atoms with Gasteiger partial charge in [-0.15, -0.1) is 0 Å². The summed E-state index contributed by atoms with van der Waals surface area (Å²) >= 11 is 12.2. The van der Waals surface area contributed by atoms with E-state index in [4.69, 9.17) is 23.2 Å². The Morgan fingerprint density at radius 2 is 1.88 bits per heavy atom. The molecule has 0 unspecified atom stereocenters. The van der Waals surface area contributed by atoms with Crippen LogP contribution in [0.3, 0.4) is 0 Å². The minimum absolute atomic E-state index is 0.422. The van der Waals surface area contributed by atoms with Crippen LogP contribution in [0, 0.1) is 0 Å². The van der Waals surface area contributed by atoms with Crippen molar-refractivity contribution in [2.24, 2.45) is 0 Å².